The molecule has 0 saturated heterocycles. The van der Waals surface area contributed by atoms with Crippen molar-refractivity contribution in [2.75, 3.05) is 7.11 Å². The van der Waals surface area contributed by atoms with Crippen LogP contribution in [0.25, 0.3) is 5.57 Å². The van der Waals surface area contributed by atoms with Crippen molar-refractivity contribution in [1.29, 1.82) is 0 Å². The zero-order valence-electron chi connectivity index (χ0n) is 12.1. The first-order chi connectivity index (χ1) is 10.2. The highest BCUT2D eigenvalue weighted by Crippen LogP contribution is 2.37. The van der Waals surface area contributed by atoms with Crippen LogP contribution < -0.4 is 0 Å². The molecule has 0 aliphatic heterocycles. The minimum Gasteiger partial charge on any atom is -0.507 e. The van der Waals surface area contributed by atoms with E-state index in [-0.39, 0.29) is 5.76 Å². The molecule has 1 N–H and O–H groups in total. The lowest BCUT2D eigenvalue weighted by molar-refractivity contribution is -0.136. The van der Waals surface area contributed by atoms with Crippen LogP contribution in [0.5, 0.6) is 0 Å². The van der Waals surface area contributed by atoms with E-state index in [1.165, 1.54) is 7.11 Å². The van der Waals surface area contributed by atoms with E-state index in [0.29, 0.717) is 12.0 Å². The van der Waals surface area contributed by atoms with E-state index in [4.69, 9.17) is 4.74 Å². The first-order valence-corrected chi connectivity index (χ1v) is 7.21. The van der Waals surface area contributed by atoms with Crippen molar-refractivity contribution < 1.29 is 14.6 Å². The van der Waals surface area contributed by atoms with Gasteiger partial charge < -0.3 is 9.84 Å². The Kier molecular flexibility index (Phi) is 3.65. The largest absolute Gasteiger partial charge is 0.507 e. The van der Waals surface area contributed by atoms with Gasteiger partial charge in [-0.1, -0.05) is 36.4 Å². The van der Waals surface area contributed by atoms with Crippen LogP contribution in [0.15, 0.2) is 53.3 Å². The van der Waals surface area contributed by atoms with Gasteiger partial charge in [0.1, 0.15) is 5.76 Å². The SMILES string of the molecule is COC(=O)C1=C(O)C2=C(C=CCCC2)c2ccccc2C1. The van der Waals surface area contributed by atoms with Crippen molar-refractivity contribution in [3.63, 3.8) is 0 Å². The Bertz CT molecular complexity index is 677. The summed E-state index contributed by atoms with van der Waals surface area (Å²) in [5.74, 6) is -0.358. The molecule has 0 unspecified atom stereocenters. The Morgan fingerprint density at radius 3 is 2.90 bits per heavy atom. The average molecular weight is 282 g/mol. The zero-order chi connectivity index (χ0) is 14.8. The highest BCUT2D eigenvalue weighted by atomic mass is 16.5. The molecule has 3 heteroatoms. The van der Waals surface area contributed by atoms with Crippen LogP contribution in [-0.2, 0) is 16.0 Å². The lowest BCUT2D eigenvalue weighted by Crippen LogP contribution is -2.11. The van der Waals surface area contributed by atoms with Crippen LogP contribution in [0, 0.1) is 0 Å². The number of methoxy groups -OCH3 is 1. The van der Waals surface area contributed by atoms with Crippen LogP contribution in [0.3, 0.4) is 0 Å². The Morgan fingerprint density at radius 2 is 2.10 bits per heavy atom. The van der Waals surface area contributed by atoms with Gasteiger partial charge in [-0.25, -0.2) is 4.79 Å². The van der Waals surface area contributed by atoms with Gasteiger partial charge in [-0.15, -0.1) is 0 Å². The minimum absolute atomic E-state index is 0.0969. The summed E-state index contributed by atoms with van der Waals surface area (Å²) in [6, 6.07) is 7.99. The second-order valence-electron chi connectivity index (χ2n) is 5.34. The molecule has 0 bridgehead atoms. The minimum atomic E-state index is -0.454. The van der Waals surface area contributed by atoms with E-state index >= 15 is 0 Å². The van der Waals surface area contributed by atoms with Gasteiger partial charge in [0.25, 0.3) is 0 Å². The van der Waals surface area contributed by atoms with E-state index in [1.807, 2.05) is 24.3 Å². The number of carbonyl (C=O) groups excluding carboxylic acids is 1. The number of esters is 1. The van der Waals surface area contributed by atoms with Crippen molar-refractivity contribution in [3.05, 3.63) is 64.4 Å². The smallest absolute Gasteiger partial charge is 0.337 e. The van der Waals surface area contributed by atoms with Crippen LogP contribution in [0.4, 0.5) is 0 Å². The van der Waals surface area contributed by atoms with Gasteiger partial charge in [-0.3, -0.25) is 0 Å². The Hall–Kier alpha value is -2.29. The fourth-order valence-corrected chi connectivity index (χ4v) is 3.02. The molecule has 21 heavy (non-hydrogen) atoms. The van der Waals surface area contributed by atoms with Gasteiger partial charge >= 0.3 is 5.97 Å². The van der Waals surface area contributed by atoms with E-state index in [1.54, 1.807) is 0 Å². The molecule has 0 spiro atoms. The van der Waals surface area contributed by atoms with Gasteiger partial charge in [0, 0.05) is 12.0 Å². The molecule has 2 aliphatic carbocycles. The molecule has 1 aromatic carbocycles. The van der Waals surface area contributed by atoms with Gasteiger partial charge in [0.05, 0.1) is 12.7 Å². The maximum absolute atomic E-state index is 12.0. The molecule has 0 heterocycles. The zero-order valence-corrected chi connectivity index (χ0v) is 12.1. The summed E-state index contributed by atoms with van der Waals surface area (Å²) in [6.07, 6.45) is 7.32. The molecule has 1 aromatic rings. The quantitative estimate of drug-likeness (QED) is 0.798. The molecule has 3 nitrogen and oxygen atoms in total. The van der Waals surface area contributed by atoms with Gasteiger partial charge in [-0.2, -0.15) is 0 Å². The van der Waals surface area contributed by atoms with E-state index in [0.717, 1.165) is 41.5 Å². The second kappa shape index (κ2) is 5.60. The Morgan fingerprint density at radius 1 is 1.29 bits per heavy atom. The highest BCUT2D eigenvalue weighted by Gasteiger charge is 2.26. The summed E-state index contributed by atoms with van der Waals surface area (Å²) < 4.78 is 4.84. The third-order valence-corrected chi connectivity index (χ3v) is 4.09. The Labute approximate surface area is 124 Å². The number of carbonyl (C=O) groups is 1. The molecule has 0 fully saturated rings. The lowest BCUT2D eigenvalue weighted by Gasteiger charge is -2.11. The molecular weight excluding hydrogens is 264 g/mol. The number of aliphatic hydroxyl groups is 1. The number of hydrogen-bond donors (Lipinski definition) is 1. The monoisotopic (exact) mass is 282 g/mol. The van der Waals surface area contributed by atoms with Crippen LogP contribution >= 0.6 is 0 Å². The molecule has 0 radical (unpaired) electrons. The fourth-order valence-electron chi connectivity index (χ4n) is 3.02. The molecule has 108 valence electrons. The van der Waals surface area contributed by atoms with Crippen molar-refractivity contribution in [3.8, 4) is 0 Å². The van der Waals surface area contributed by atoms with Crippen molar-refractivity contribution in [2.24, 2.45) is 0 Å². The van der Waals surface area contributed by atoms with E-state index < -0.39 is 5.97 Å². The van der Waals surface area contributed by atoms with E-state index in [2.05, 4.69) is 12.2 Å². The van der Waals surface area contributed by atoms with Crippen LogP contribution in [0.2, 0.25) is 0 Å². The first-order valence-electron chi connectivity index (χ1n) is 7.21. The molecule has 0 saturated carbocycles. The number of ether oxygens (including phenoxy) is 1. The molecule has 0 aromatic heterocycles. The van der Waals surface area contributed by atoms with E-state index in [9.17, 15) is 9.90 Å². The number of allylic oxidation sites excluding steroid dienone is 4. The molecule has 0 amide bonds. The van der Waals surface area contributed by atoms with Crippen LogP contribution in [0.1, 0.15) is 30.4 Å². The number of fused-ring (bicyclic) bond motifs is 2. The summed E-state index contributed by atoms with van der Waals surface area (Å²) in [6.45, 7) is 0. The summed E-state index contributed by atoms with van der Waals surface area (Å²) in [4.78, 5) is 12.0. The average Bonchev–Trinajstić information content (AvgIpc) is 2.82. The van der Waals surface area contributed by atoms with Gasteiger partial charge in [0.2, 0.25) is 0 Å². The predicted molar refractivity (Wildman–Crippen MR) is 81.7 cm³/mol. The van der Waals surface area contributed by atoms with Crippen molar-refractivity contribution in [1.82, 2.24) is 0 Å². The van der Waals surface area contributed by atoms with Crippen molar-refractivity contribution >= 4 is 11.5 Å². The number of rotatable bonds is 1. The molecule has 0 atom stereocenters. The summed E-state index contributed by atoms with van der Waals surface area (Å²) >= 11 is 0. The predicted octanol–water partition coefficient (Wildman–Crippen LogP) is 3.72. The highest BCUT2D eigenvalue weighted by molar-refractivity contribution is 5.94. The maximum atomic E-state index is 12.0. The molecule has 3 rings (SSSR count). The number of benzene rings is 1. The maximum Gasteiger partial charge on any atom is 0.337 e. The van der Waals surface area contributed by atoms with Crippen LogP contribution in [-0.4, -0.2) is 18.2 Å². The van der Waals surface area contributed by atoms with Gasteiger partial charge in [-0.05, 0) is 36.0 Å². The molecule has 2 aliphatic rings. The summed E-state index contributed by atoms with van der Waals surface area (Å²) in [5.41, 5.74) is 4.37. The standard InChI is InChI=1S/C18H18O3/c1-21-18(20)16-11-12-7-5-6-8-13(12)14-9-3-2-4-10-15(14)17(16)19/h3,5-9,19H,2,4,10-11H2,1H3. The lowest BCUT2D eigenvalue weighted by atomic mass is 9.95. The Balaban J connectivity index is 2.26. The third kappa shape index (κ3) is 2.40. The van der Waals surface area contributed by atoms with Gasteiger partial charge in [0.15, 0.2) is 0 Å². The topological polar surface area (TPSA) is 46.5 Å². The summed E-state index contributed by atoms with van der Waals surface area (Å²) in [5, 5.41) is 10.6. The summed E-state index contributed by atoms with van der Waals surface area (Å²) in [7, 11) is 1.35. The normalized spacial score (nSPS) is 17.8. The number of aliphatic hydroxyl groups excluding tert-OH is 1. The first kappa shape index (κ1) is 13.7. The third-order valence-electron chi connectivity index (χ3n) is 4.09. The number of hydrogen-bond acceptors (Lipinski definition) is 3. The molecular formula is C18H18O3. The fraction of sp³-hybridized carbons (Fsp3) is 0.278. The van der Waals surface area contributed by atoms with Crippen molar-refractivity contribution in [2.45, 2.75) is 25.7 Å². The second-order valence-corrected chi connectivity index (χ2v) is 5.34.